The van der Waals surface area contributed by atoms with Crippen LogP contribution >= 0.6 is 22.9 Å². The number of piperazine rings is 1. The number of amidine groups is 1. The minimum Gasteiger partial charge on any atom is -0.496 e. The number of sulfonamides is 1. The summed E-state index contributed by atoms with van der Waals surface area (Å²) in [5.41, 5.74) is 0.907. The lowest BCUT2D eigenvalue weighted by atomic mass is 9.96. The average Bonchev–Trinajstić information content (AvgIpc) is 3.40. The lowest BCUT2D eigenvalue weighted by Crippen LogP contribution is -2.50. The minimum atomic E-state index is -3.71. The van der Waals surface area contributed by atoms with Gasteiger partial charge in [0, 0.05) is 54.6 Å². The van der Waals surface area contributed by atoms with Crippen molar-refractivity contribution in [2.75, 3.05) is 46.4 Å². The van der Waals surface area contributed by atoms with Crippen LogP contribution in [0, 0.1) is 11.3 Å². The van der Waals surface area contributed by atoms with Gasteiger partial charge in [0.25, 0.3) is 15.9 Å². The Balaban J connectivity index is 1.25. The summed E-state index contributed by atoms with van der Waals surface area (Å²) in [6.45, 7) is 1.74. The summed E-state index contributed by atoms with van der Waals surface area (Å²) < 4.78 is 34.5. The standard InChI is InChI=1S/C27H29ClN4O6S2/c1-38-22-14-19(25(29)30-8-6-17(7-9-30)27(34)35)3-5-21(22)26(33)31-10-12-32(13-11-31)40(36,37)24-15-18-2-4-20(28)16-23(18)39-24/h2-5,14-17,29H,6-13H2,1H3,(H,34,35). The van der Waals surface area contributed by atoms with Crippen LogP contribution in [0.2, 0.25) is 5.02 Å². The van der Waals surface area contributed by atoms with Crippen molar-refractivity contribution in [3.63, 3.8) is 0 Å². The largest absolute Gasteiger partial charge is 0.496 e. The second kappa shape index (κ2) is 11.4. The molecule has 0 aliphatic carbocycles. The van der Waals surface area contributed by atoms with E-state index < -0.39 is 21.9 Å². The number of methoxy groups -OCH3 is 1. The van der Waals surface area contributed by atoms with E-state index >= 15 is 0 Å². The van der Waals surface area contributed by atoms with E-state index in [1.165, 1.54) is 22.8 Å². The molecule has 2 N–H and O–H groups in total. The second-order valence-electron chi connectivity index (χ2n) is 9.81. The van der Waals surface area contributed by atoms with Crippen LogP contribution in [-0.4, -0.2) is 91.7 Å². The number of carbonyl (C=O) groups is 2. The fourth-order valence-electron chi connectivity index (χ4n) is 5.08. The highest BCUT2D eigenvalue weighted by molar-refractivity contribution is 7.91. The molecule has 2 saturated heterocycles. The van der Waals surface area contributed by atoms with Crippen LogP contribution in [0.5, 0.6) is 5.75 Å². The zero-order valence-electron chi connectivity index (χ0n) is 21.8. The number of halogens is 1. The Hall–Kier alpha value is -3.19. The second-order valence-corrected chi connectivity index (χ2v) is 13.5. The lowest BCUT2D eigenvalue weighted by Gasteiger charge is -2.34. The molecule has 40 heavy (non-hydrogen) atoms. The summed E-state index contributed by atoms with van der Waals surface area (Å²) in [4.78, 5) is 28.1. The van der Waals surface area contributed by atoms with Crippen LogP contribution in [0.15, 0.2) is 46.7 Å². The number of aliphatic carboxylic acids is 1. The first-order valence-electron chi connectivity index (χ1n) is 12.8. The van der Waals surface area contributed by atoms with Gasteiger partial charge in [-0.25, -0.2) is 8.42 Å². The van der Waals surface area contributed by atoms with Crippen LogP contribution in [0.25, 0.3) is 10.1 Å². The maximum Gasteiger partial charge on any atom is 0.306 e. The van der Waals surface area contributed by atoms with Crippen LogP contribution < -0.4 is 4.74 Å². The molecule has 3 heterocycles. The van der Waals surface area contributed by atoms with Gasteiger partial charge in [-0.3, -0.25) is 15.0 Å². The summed E-state index contributed by atoms with van der Waals surface area (Å²) in [5.74, 6) is -0.890. The number of thiophene rings is 1. The molecule has 0 spiro atoms. The molecule has 10 nitrogen and oxygen atoms in total. The van der Waals surface area contributed by atoms with Gasteiger partial charge in [-0.2, -0.15) is 4.31 Å². The first kappa shape index (κ1) is 28.3. The molecular weight excluding hydrogens is 576 g/mol. The van der Waals surface area contributed by atoms with Crippen molar-refractivity contribution in [2.24, 2.45) is 5.92 Å². The molecule has 2 fully saturated rings. The number of carboxylic acid groups (broad SMARTS) is 1. The zero-order valence-corrected chi connectivity index (χ0v) is 24.2. The average molecular weight is 605 g/mol. The Labute approximate surface area is 241 Å². The normalized spacial score (nSPS) is 17.2. The number of ether oxygens (including phenoxy) is 1. The Kier molecular flexibility index (Phi) is 8.05. The summed E-state index contributed by atoms with van der Waals surface area (Å²) in [5, 5.41) is 19.2. The number of amides is 1. The van der Waals surface area contributed by atoms with Gasteiger partial charge in [0.1, 0.15) is 15.8 Å². The highest BCUT2D eigenvalue weighted by Crippen LogP contribution is 2.33. The molecule has 5 rings (SSSR count). The Morgan fingerprint density at radius 2 is 1.70 bits per heavy atom. The van der Waals surface area contributed by atoms with Crippen molar-refractivity contribution in [3.8, 4) is 5.75 Å². The van der Waals surface area contributed by atoms with Gasteiger partial charge in [0.2, 0.25) is 0 Å². The van der Waals surface area contributed by atoms with E-state index in [1.807, 2.05) is 4.90 Å². The molecule has 0 atom stereocenters. The zero-order chi connectivity index (χ0) is 28.6. The molecule has 2 aliphatic heterocycles. The summed E-state index contributed by atoms with van der Waals surface area (Å²) in [6.07, 6.45) is 0.953. The quantitative estimate of drug-likeness (QED) is 0.323. The third-order valence-electron chi connectivity index (χ3n) is 7.45. The molecule has 0 saturated carbocycles. The summed E-state index contributed by atoms with van der Waals surface area (Å²) in [7, 11) is -2.25. The van der Waals surface area contributed by atoms with Crippen molar-refractivity contribution < 1.29 is 27.9 Å². The van der Waals surface area contributed by atoms with Gasteiger partial charge in [-0.05, 0) is 48.6 Å². The lowest BCUT2D eigenvalue weighted by molar-refractivity contribution is -0.143. The van der Waals surface area contributed by atoms with Crippen LogP contribution in [0.1, 0.15) is 28.8 Å². The SMILES string of the molecule is COc1cc(C(=N)N2CCC(C(=O)O)CC2)ccc1C(=O)N1CCN(S(=O)(=O)c2cc3ccc(Cl)cc3s2)CC1. The van der Waals surface area contributed by atoms with E-state index in [-0.39, 0.29) is 42.1 Å². The number of rotatable bonds is 6. The third-order valence-corrected chi connectivity index (χ3v) is 11.1. The summed E-state index contributed by atoms with van der Waals surface area (Å²) in [6, 6.07) is 11.9. The Morgan fingerprint density at radius 1 is 1.00 bits per heavy atom. The summed E-state index contributed by atoms with van der Waals surface area (Å²) >= 11 is 7.23. The van der Waals surface area contributed by atoms with Crippen molar-refractivity contribution in [1.82, 2.24) is 14.1 Å². The van der Waals surface area contributed by atoms with Gasteiger partial charge in [-0.1, -0.05) is 23.7 Å². The minimum absolute atomic E-state index is 0.167. The number of nitrogens with zero attached hydrogens (tertiary/aromatic N) is 3. The molecule has 0 unspecified atom stereocenters. The van der Waals surface area contributed by atoms with Crippen molar-refractivity contribution in [1.29, 1.82) is 5.41 Å². The first-order chi connectivity index (χ1) is 19.1. The van der Waals surface area contributed by atoms with Gasteiger partial charge >= 0.3 is 5.97 Å². The predicted molar refractivity (Wildman–Crippen MR) is 153 cm³/mol. The number of carboxylic acids is 1. The molecule has 2 aliphatic rings. The van der Waals surface area contributed by atoms with Crippen molar-refractivity contribution in [3.05, 3.63) is 58.6 Å². The molecule has 212 valence electrons. The smallest absolute Gasteiger partial charge is 0.306 e. The Bertz CT molecular complexity index is 1570. The number of piperidine rings is 1. The number of carbonyl (C=O) groups excluding carboxylic acids is 1. The van der Waals surface area contributed by atoms with E-state index in [4.69, 9.17) is 21.7 Å². The third kappa shape index (κ3) is 5.53. The van der Waals surface area contributed by atoms with Crippen LogP contribution in [-0.2, 0) is 14.8 Å². The number of benzene rings is 2. The predicted octanol–water partition coefficient (Wildman–Crippen LogP) is 3.83. The number of fused-ring (bicyclic) bond motifs is 1. The number of likely N-dealkylation sites (tertiary alicyclic amines) is 1. The maximum atomic E-state index is 13.4. The highest BCUT2D eigenvalue weighted by atomic mass is 35.5. The van der Waals surface area contributed by atoms with E-state index in [0.29, 0.717) is 47.8 Å². The maximum absolute atomic E-state index is 13.4. The van der Waals surface area contributed by atoms with Crippen molar-refractivity contribution >= 4 is 60.8 Å². The molecule has 1 aromatic heterocycles. The monoisotopic (exact) mass is 604 g/mol. The molecule has 1 amide bonds. The van der Waals surface area contributed by atoms with Gasteiger partial charge in [0.05, 0.1) is 18.6 Å². The number of hydrogen-bond acceptors (Lipinski definition) is 7. The van der Waals surface area contributed by atoms with E-state index in [0.717, 1.165) is 10.1 Å². The van der Waals surface area contributed by atoms with Crippen LogP contribution in [0.3, 0.4) is 0 Å². The van der Waals surface area contributed by atoms with Crippen LogP contribution in [0.4, 0.5) is 0 Å². The molecule has 2 aromatic carbocycles. The van der Waals surface area contributed by atoms with Gasteiger partial charge in [-0.15, -0.1) is 11.3 Å². The fourth-order valence-corrected chi connectivity index (χ4v) is 8.34. The number of nitrogens with one attached hydrogen (secondary N) is 1. The molecule has 0 bridgehead atoms. The van der Waals surface area contributed by atoms with Gasteiger partial charge in [0.15, 0.2) is 0 Å². The topological polar surface area (TPSA) is 131 Å². The molecule has 3 aromatic rings. The first-order valence-corrected chi connectivity index (χ1v) is 15.4. The molecule has 0 radical (unpaired) electrons. The van der Waals surface area contributed by atoms with E-state index in [2.05, 4.69) is 0 Å². The van der Waals surface area contributed by atoms with Crippen molar-refractivity contribution in [2.45, 2.75) is 17.1 Å². The van der Waals surface area contributed by atoms with Gasteiger partial charge < -0.3 is 19.6 Å². The van der Waals surface area contributed by atoms with E-state index in [9.17, 15) is 23.1 Å². The number of hydrogen-bond donors (Lipinski definition) is 2. The van der Waals surface area contributed by atoms with E-state index in [1.54, 1.807) is 47.4 Å². The molecular formula is C27H29ClN4O6S2. The highest BCUT2D eigenvalue weighted by Gasteiger charge is 2.33. The Morgan fingerprint density at radius 3 is 2.35 bits per heavy atom. The molecule has 13 heteroatoms. The fraction of sp³-hybridized carbons (Fsp3) is 0.370.